The van der Waals surface area contributed by atoms with Gasteiger partial charge in [-0.25, -0.2) is 0 Å². The summed E-state index contributed by atoms with van der Waals surface area (Å²) in [7, 11) is 0. The van der Waals surface area contributed by atoms with Crippen LogP contribution in [-0.4, -0.2) is 12.5 Å². The number of hydrogen-bond donors (Lipinski definition) is 2. The number of quaternary nitrogens is 1. The van der Waals surface area contributed by atoms with E-state index in [1.54, 1.807) is 0 Å². The maximum absolute atomic E-state index is 13.1. The molecule has 6 heteroatoms. The van der Waals surface area contributed by atoms with Crippen molar-refractivity contribution in [2.45, 2.75) is 19.1 Å². The normalized spacial score (nSPS) is 12.4. The smallest absolute Gasteiger partial charge is 0.328 e. The van der Waals surface area contributed by atoms with Crippen molar-refractivity contribution in [1.82, 2.24) is 0 Å². The SMILES string of the molecule is Cc1ccc([C@H]([NH2+]CC(=O)Nc2ccccc2C(F)(F)F)c2ccccc2)cc1. The summed E-state index contributed by atoms with van der Waals surface area (Å²) >= 11 is 0. The van der Waals surface area contributed by atoms with Crippen LogP contribution in [0.4, 0.5) is 18.9 Å². The lowest BCUT2D eigenvalue weighted by atomic mass is 9.98. The van der Waals surface area contributed by atoms with E-state index >= 15 is 0 Å². The number of nitrogens with two attached hydrogens (primary N) is 1. The summed E-state index contributed by atoms with van der Waals surface area (Å²) in [4.78, 5) is 12.4. The molecule has 3 rings (SSSR count). The van der Waals surface area contributed by atoms with Crippen molar-refractivity contribution >= 4 is 11.6 Å². The molecule has 29 heavy (non-hydrogen) atoms. The number of rotatable bonds is 6. The Morgan fingerprint density at radius 2 is 1.48 bits per heavy atom. The fourth-order valence-electron chi connectivity index (χ4n) is 3.16. The van der Waals surface area contributed by atoms with Crippen LogP contribution in [0.15, 0.2) is 78.9 Å². The minimum atomic E-state index is -4.53. The third-order valence-electron chi connectivity index (χ3n) is 4.64. The van der Waals surface area contributed by atoms with Gasteiger partial charge in [-0.3, -0.25) is 4.79 Å². The van der Waals surface area contributed by atoms with Crippen molar-refractivity contribution in [3.63, 3.8) is 0 Å². The molecule has 0 fully saturated rings. The first-order valence-electron chi connectivity index (χ1n) is 9.25. The van der Waals surface area contributed by atoms with Gasteiger partial charge in [0.05, 0.1) is 11.3 Å². The summed E-state index contributed by atoms with van der Waals surface area (Å²) in [6.07, 6.45) is -4.53. The number of halogens is 3. The third-order valence-corrected chi connectivity index (χ3v) is 4.64. The maximum Gasteiger partial charge on any atom is 0.418 e. The molecule has 0 aliphatic carbocycles. The molecule has 0 aliphatic heterocycles. The number of carbonyl (C=O) groups excluding carboxylic acids is 1. The minimum absolute atomic E-state index is 0.0143. The van der Waals surface area contributed by atoms with Gasteiger partial charge in [0.2, 0.25) is 0 Å². The van der Waals surface area contributed by atoms with Crippen molar-refractivity contribution in [3.8, 4) is 0 Å². The van der Waals surface area contributed by atoms with Gasteiger partial charge in [0, 0.05) is 11.1 Å². The van der Waals surface area contributed by atoms with Crippen molar-refractivity contribution in [3.05, 3.63) is 101 Å². The van der Waals surface area contributed by atoms with Crippen molar-refractivity contribution < 1.29 is 23.3 Å². The molecule has 0 aromatic heterocycles. The van der Waals surface area contributed by atoms with E-state index in [0.717, 1.165) is 22.8 Å². The number of para-hydroxylation sites is 1. The van der Waals surface area contributed by atoms with Crippen LogP contribution in [0, 0.1) is 6.92 Å². The van der Waals surface area contributed by atoms with E-state index in [9.17, 15) is 18.0 Å². The van der Waals surface area contributed by atoms with Crippen LogP contribution in [0.5, 0.6) is 0 Å². The van der Waals surface area contributed by atoms with Crippen molar-refractivity contribution in [2.75, 3.05) is 11.9 Å². The summed E-state index contributed by atoms with van der Waals surface area (Å²) in [5, 5.41) is 4.22. The van der Waals surface area contributed by atoms with Crippen molar-refractivity contribution in [2.24, 2.45) is 0 Å². The predicted molar refractivity (Wildman–Crippen MR) is 106 cm³/mol. The number of amides is 1. The van der Waals surface area contributed by atoms with E-state index in [-0.39, 0.29) is 18.3 Å². The molecule has 3 aromatic rings. The largest absolute Gasteiger partial charge is 0.418 e. The summed E-state index contributed by atoms with van der Waals surface area (Å²) < 4.78 is 39.4. The van der Waals surface area contributed by atoms with Gasteiger partial charge >= 0.3 is 6.18 Å². The number of carbonyl (C=O) groups is 1. The molecule has 0 unspecified atom stereocenters. The van der Waals surface area contributed by atoms with E-state index in [2.05, 4.69) is 5.32 Å². The van der Waals surface area contributed by atoms with Crippen LogP contribution in [0.2, 0.25) is 0 Å². The molecular weight excluding hydrogens is 377 g/mol. The molecule has 3 N–H and O–H groups in total. The van der Waals surface area contributed by atoms with E-state index < -0.39 is 17.6 Å². The Kier molecular flexibility index (Phi) is 6.34. The van der Waals surface area contributed by atoms with Gasteiger partial charge in [0.25, 0.3) is 5.91 Å². The Balaban J connectivity index is 1.75. The Bertz CT molecular complexity index is 954. The second-order valence-electron chi connectivity index (χ2n) is 6.83. The van der Waals surface area contributed by atoms with E-state index in [1.165, 1.54) is 18.2 Å². The van der Waals surface area contributed by atoms with E-state index in [4.69, 9.17) is 0 Å². The van der Waals surface area contributed by atoms with Crippen LogP contribution in [0.1, 0.15) is 28.3 Å². The topological polar surface area (TPSA) is 45.7 Å². The summed E-state index contributed by atoms with van der Waals surface area (Å²) in [5.74, 6) is -0.491. The lowest BCUT2D eigenvalue weighted by Crippen LogP contribution is -2.87. The first kappa shape index (κ1) is 20.6. The zero-order valence-electron chi connectivity index (χ0n) is 15.9. The zero-order chi connectivity index (χ0) is 20.9. The number of alkyl halides is 3. The molecule has 3 nitrogen and oxygen atoms in total. The Hall–Kier alpha value is -3.12. The van der Waals surface area contributed by atoms with Gasteiger partial charge in [-0.05, 0) is 19.1 Å². The van der Waals surface area contributed by atoms with Crippen LogP contribution in [0.3, 0.4) is 0 Å². The van der Waals surface area contributed by atoms with Crippen LogP contribution in [-0.2, 0) is 11.0 Å². The molecule has 1 amide bonds. The van der Waals surface area contributed by atoms with Gasteiger partial charge < -0.3 is 10.6 Å². The molecule has 1 atom stereocenters. The molecule has 3 aromatic carbocycles. The first-order chi connectivity index (χ1) is 13.8. The number of benzene rings is 3. The monoisotopic (exact) mass is 399 g/mol. The third kappa shape index (κ3) is 5.45. The minimum Gasteiger partial charge on any atom is -0.328 e. The van der Waals surface area contributed by atoms with Crippen LogP contribution < -0.4 is 10.6 Å². The summed E-state index contributed by atoms with van der Waals surface area (Å²) in [5.41, 5.74) is 2.07. The highest BCUT2D eigenvalue weighted by Crippen LogP contribution is 2.34. The average Bonchev–Trinajstić information content (AvgIpc) is 2.70. The first-order valence-corrected chi connectivity index (χ1v) is 9.25. The van der Waals surface area contributed by atoms with E-state index in [0.29, 0.717) is 0 Å². The molecule has 0 spiro atoms. The number of hydrogen-bond acceptors (Lipinski definition) is 1. The van der Waals surface area contributed by atoms with Gasteiger partial charge in [-0.15, -0.1) is 0 Å². The quantitative estimate of drug-likeness (QED) is 0.638. The lowest BCUT2D eigenvalue weighted by molar-refractivity contribution is -0.676. The second kappa shape index (κ2) is 8.92. The highest BCUT2D eigenvalue weighted by molar-refractivity contribution is 5.92. The molecule has 0 aliphatic rings. The molecule has 150 valence electrons. The molecule has 0 heterocycles. The standard InChI is InChI=1S/C23H21F3N2O/c1-16-11-13-18(14-12-16)22(17-7-3-2-4-8-17)27-15-21(29)28-20-10-6-5-9-19(20)23(24,25)26/h2-14,22,27H,15H2,1H3,(H,28,29)/p+1/t22-/m1/s1. The van der Waals surface area contributed by atoms with Crippen LogP contribution >= 0.6 is 0 Å². The highest BCUT2D eigenvalue weighted by Gasteiger charge is 2.33. The molecule has 0 bridgehead atoms. The molecular formula is C23H22F3N2O+. The number of aryl methyl sites for hydroxylation is 1. The number of nitrogens with one attached hydrogen (secondary N) is 1. The fraction of sp³-hybridized carbons (Fsp3) is 0.174. The fourth-order valence-corrected chi connectivity index (χ4v) is 3.16. The maximum atomic E-state index is 13.1. The highest BCUT2D eigenvalue weighted by atomic mass is 19.4. The van der Waals surface area contributed by atoms with Crippen LogP contribution in [0.25, 0.3) is 0 Å². The Morgan fingerprint density at radius 3 is 2.14 bits per heavy atom. The Morgan fingerprint density at radius 1 is 0.897 bits per heavy atom. The summed E-state index contributed by atoms with van der Waals surface area (Å²) in [6.45, 7) is 1.98. The van der Waals surface area contributed by atoms with Gasteiger partial charge in [0.15, 0.2) is 6.54 Å². The number of anilines is 1. The Labute approximate surface area is 167 Å². The lowest BCUT2D eigenvalue weighted by Gasteiger charge is -2.17. The second-order valence-corrected chi connectivity index (χ2v) is 6.83. The predicted octanol–water partition coefficient (Wildman–Crippen LogP) is 4.31. The van der Waals surface area contributed by atoms with Gasteiger partial charge in [-0.1, -0.05) is 72.3 Å². The molecule has 0 saturated heterocycles. The molecule has 0 saturated carbocycles. The van der Waals surface area contributed by atoms with Gasteiger partial charge in [0.1, 0.15) is 6.04 Å². The zero-order valence-corrected chi connectivity index (χ0v) is 15.9. The van der Waals surface area contributed by atoms with Crippen molar-refractivity contribution in [1.29, 1.82) is 0 Å². The van der Waals surface area contributed by atoms with Gasteiger partial charge in [-0.2, -0.15) is 13.2 Å². The average molecular weight is 399 g/mol. The van der Waals surface area contributed by atoms with E-state index in [1.807, 2.05) is 66.8 Å². The summed E-state index contributed by atoms with van der Waals surface area (Å²) in [6, 6.07) is 22.5. The molecule has 0 radical (unpaired) electrons.